The second-order valence-corrected chi connectivity index (χ2v) is 4.98. The van der Waals surface area contributed by atoms with E-state index in [4.69, 9.17) is 4.74 Å². The van der Waals surface area contributed by atoms with E-state index in [1.54, 1.807) is 4.68 Å². The third kappa shape index (κ3) is 3.30. The minimum atomic E-state index is -1.44. The molecular formula is C12H21N3O3. The van der Waals surface area contributed by atoms with Crippen LogP contribution in [0.4, 0.5) is 0 Å². The van der Waals surface area contributed by atoms with E-state index in [0.29, 0.717) is 18.0 Å². The number of hydrogen-bond donors (Lipinski definition) is 1. The van der Waals surface area contributed by atoms with Crippen LogP contribution in [0.1, 0.15) is 24.3 Å². The lowest BCUT2D eigenvalue weighted by Crippen LogP contribution is -2.34. The molecule has 0 aliphatic carbocycles. The molecule has 0 spiro atoms. The summed E-state index contributed by atoms with van der Waals surface area (Å²) < 4.78 is 6.69. The fourth-order valence-corrected chi connectivity index (χ4v) is 1.50. The smallest absolute Gasteiger partial charge is 0.215 e. The molecule has 18 heavy (non-hydrogen) atoms. The third-order valence-corrected chi connectivity index (χ3v) is 2.56. The van der Waals surface area contributed by atoms with Gasteiger partial charge in [-0.15, -0.1) is 0 Å². The predicted molar refractivity (Wildman–Crippen MR) is 68.0 cm³/mol. The van der Waals surface area contributed by atoms with Crippen molar-refractivity contribution in [1.29, 1.82) is 0 Å². The highest BCUT2D eigenvalue weighted by atomic mass is 16.5. The Morgan fingerprint density at radius 3 is 2.61 bits per heavy atom. The van der Waals surface area contributed by atoms with Crippen LogP contribution in [0.15, 0.2) is 6.20 Å². The first-order chi connectivity index (χ1) is 8.27. The molecule has 0 aliphatic heterocycles. The molecule has 0 aliphatic rings. The normalized spacial score (nSPS) is 11.9. The number of ketones is 1. The van der Waals surface area contributed by atoms with Crippen LogP contribution in [-0.4, -0.2) is 58.9 Å². The Labute approximate surface area is 107 Å². The van der Waals surface area contributed by atoms with E-state index >= 15 is 0 Å². The summed E-state index contributed by atoms with van der Waals surface area (Å²) in [4.78, 5) is 14.2. The average molecular weight is 255 g/mol. The molecule has 0 aromatic carbocycles. The van der Waals surface area contributed by atoms with Crippen molar-refractivity contribution in [2.75, 3.05) is 27.7 Å². The molecule has 0 radical (unpaired) electrons. The van der Waals surface area contributed by atoms with Crippen molar-refractivity contribution in [3.05, 3.63) is 11.9 Å². The molecule has 102 valence electrons. The predicted octanol–water partition coefficient (Wildman–Crippen LogP) is 0.407. The van der Waals surface area contributed by atoms with Gasteiger partial charge in [0.1, 0.15) is 11.3 Å². The molecular weight excluding hydrogens is 234 g/mol. The van der Waals surface area contributed by atoms with Crippen molar-refractivity contribution in [2.24, 2.45) is 0 Å². The second kappa shape index (κ2) is 5.49. The van der Waals surface area contributed by atoms with E-state index < -0.39 is 11.4 Å². The van der Waals surface area contributed by atoms with Crippen LogP contribution in [0, 0.1) is 0 Å². The standard InChI is InChI=1S/C12H21N3O3/c1-12(2,17)11(16)10-9(18-5)8-13-15(10)7-6-14(3)4/h8,17H,6-7H2,1-5H3. The van der Waals surface area contributed by atoms with E-state index in [0.717, 1.165) is 6.54 Å². The molecule has 0 amide bonds. The summed E-state index contributed by atoms with van der Waals surface area (Å²) in [6.45, 7) is 4.22. The van der Waals surface area contributed by atoms with Gasteiger partial charge in [0.25, 0.3) is 0 Å². The van der Waals surface area contributed by atoms with Crippen molar-refractivity contribution in [2.45, 2.75) is 26.0 Å². The van der Waals surface area contributed by atoms with Gasteiger partial charge in [-0.25, -0.2) is 0 Å². The van der Waals surface area contributed by atoms with Crippen molar-refractivity contribution >= 4 is 5.78 Å². The minimum absolute atomic E-state index is 0.312. The van der Waals surface area contributed by atoms with E-state index in [1.807, 2.05) is 19.0 Å². The first-order valence-electron chi connectivity index (χ1n) is 5.79. The topological polar surface area (TPSA) is 67.6 Å². The van der Waals surface area contributed by atoms with Gasteiger partial charge in [0, 0.05) is 6.54 Å². The maximum Gasteiger partial charge on any atom is 0.215 e. The fraction of sp³-hybridized carbons (Fsp3) is 0.667. The molecule has 1 heterocycles. The molecule has 0 fully saturated rings. The van der Waals surface area contributed by atoms with Crippen LogP contribution in [-0.2, 0) is 6.54 Å². The number of carbonyl (C=O) groups excluding carboxylic acids is 1. The lowest BCUT2D eigenvalue weighted by atomic mass is 10.0. The molecule has 1 aromatic heterocycles. The molecule has 0 unspecified atom stereocenters. The maximum absolute atomic E-state index is 12.2. The number of ether oxygens (including phenoxy) is 1. The molecule has 6 heteroatoms. The van der Waals surface area contributed by atoms with Gasteiger partial charge in [0.05, 0.1) is 19.9 Å². The van der Waals surface area contributed by atoms with Gasteiger partial charge in [-0.05, 0) is 27.9 Å². The molecule has 0 bridgehead atoms. The molecule has 1 aromatic rings. The summed E-state index contributed by atoms with van der Waals surface area (Å²) in [5.74, 6) is -0.00325. The second-order valence-electron chi connectivity index (χ2n) is 4.98. The van der Waals surface area contributed by atoms with Gasteiger partial charge in [0.15, 0.2) is 5.75 Å². The van der Waals surface area contributed by atoms with Crippen LogP contribution in [0.25, 0.3) is 0 Å². The number of likely N-dealkylation sites (N-methyl/N-ethyl adjacent to an activating group) is 1. The average Bonchev–Trinajstić information content (AvgIpc) is 2.66. The lowest BCUT2D eigenvalue weighted by molar-refractivity contribution is 0.0472. The number of carbonyl (C=O) groups is 1. The van der Waals surface area contributed by atoms with E-state index in [9.17, 15) is 9.90 Å². The molecule has 0 saturated heterocycles. The van der Waals surface area contributed by atoms with Gasteiger partial charge in [0.2, 0.25) is 5.78 Å². The summed E-state index contributed by atoms with van der Waals surface area (Å²) >= 11 is 0. The zero-order valence-electron chi connectivity index (χ0n) is 11.6. The summed E-state index contributed by atoms with van der Waals surface area (Å²) in [6, 6.07) is 0. The fourth-order valence-electron chi connectivity index (χ4n) is 1.50. The van der Waals surface area contributed by atoms with Crippen LogP contribution >= 0.6 is 0 Å². The number of nitrogens with zero attached hydrogens (tertiary/aromatic N) is 3. The summed E-state index contributed by atoms with van der Waals surface area (Å²) in [6.07, 6.45) is 1.49. The summed E-state index contributed by atoms with van der Waals surface area (Å²) in [5.41, 5.74) is -1.13. The van der Waals surface area contributed by atoms with Crippen molar-refractivity contribution in [3.8, 4) is 5.75 Å². The van der Waals surface area contributed by atoms with Crippen molar-refractivity contribution < 1.29 is 14.6 Å². The highest BCUT2D eigenvalue weighted by Gasteiger charge is 2.31. The van der Waals surface area contributed by atoms with Gasteiger partial charge >= 0.3 is 0 Å². The minimum Gasteiger partial charge on any atom is -0.493 e. The Morgan fingerprint density at radius 2 is 2.17 bits per heavy atom. The number of rotatable bonds is 6. The molecule has 0 saturated carbocycles. The molecule has 0 atom stereocenters. The van der Waals surface area contributed by atoms with E-state index in [2.05, 4.69) is 5.10 Å². The lowest BCUT2D eigenvalue weighted by Gasteiger charge is -2.18. The Balaban J connectivity index is 3.06. The highest BCUT2D eigenvalue weighted by Crippen LogP contribution is 2.22. The SMILES string of the molecule is COc1cnn(CCN(C)C)c1C(=O)C(C)(C)O. The Hall–Kier alpha value is -1.40. The third-order valence-electron chi connectivity index (χ3n) is 2.56. The zero-order valence-corrected chi connectivity index (χ0v) is 11.6. The van der Waals surface area contributed by atoms with Crippen LogP contribution in [0.2, 0.25) is 0 Å². The van der Waals surface area contributed by atoms with Crippen LogP contribution in [0.3, 0.4) is 0 Å². The quantitative estimate of drug-likeness (QED) is 0.746. The monoisotopic (exact) mass is 255 g/mol. The number of aliphatic hydroxyl groups is 1. The highest BCUT2D eigenvalue weighted by molar-refractivity contribution is 6.02. The number of hydrogen-bond acceptors (Lipinski definition) is 5. The first kappa shape index (κ1) is 14.7. The summed E-state index contributed by atoms with van der Waals surface area (Å²) in [7, 11) is 5.37. The van der Waals surface area contributed by atoms with Crippen molar-refractivity contribution in [1.82, 2.24) is 14.7 Å². The largest absolute Gasteiger partial charge is 0.493 e. The molecule has 6 nitrogen and oxygen atoms in total. The van der Waals surface area contributed by atoms with Crippen LogP contribution < -0.4 is 4.74 Å². The molecule has 1 rings (SSSR count). The van der Waals surface area contributed by atoms with Crippen LogP contribution in [0.5, 0.6) is 5.75 Å². The Morgan fingerprint density at radius 1 is 1.56 bits per heavy atom. The summed E-state index contributed by atoms with van der Waals surface area (Å²) in [5, 5.41) is 13.9. The van der Waals surface area contributed by atoms with Gasteiger partial charge in [-0.2, -0.15) is 5.10 Å². The van der Waals surface area contributed by atoms with E-state index in [1.165, 1.54) is 27.2 Å². The van der Waals surface area contributed by atoms with Gasteiger partial charge in [-0.3, -0.25) is 9.48 Å². The van der Waals surface area contributed by atoms with E-state index in [-0.39, 0.29) is 0 Å². The molecule has 1 N–H and O–H groups in total. The number of methoxy groups -OCH3 is 1. The number of aromatic nitrogens is 2. The number of Topliss-reactive ketones (excluding diaryl/α,β-unsaturated/α-hetero) is 1. The Bertz CT molecular complexity index is 419. The van der Waals surface area contributed by atoms with Gasteiger partial charge in [-0.1, -0.05) is 0 Å². The van der Waals surface area contributed by atoms with Crippen molar-refractivity contribution in [3.63, 3.8) is 0 Å². The Kier molecular flexibility index (Phi) is 4.48. The maximum atomic E-state index is 12.2. The van der Waals surface area contributed by atoms with Gasteiger partial charge < -0.3 is 14.7 Å². The first-order valence-corrected chi connectivity index (χ1v) is 5.79. The zero-order chi connectivity index (χ0) is 13.9.